The zero-order chi connectivity index (χ0) is 24.4. The number of amides is 1. The maximum absolute atomic E-state index is 13.6. The molecule has 0 spiro atoms. The Morgan fingerprint density at radius 3 is 2.59 bits per heavy atom. The molecular formula is C24H27N3O7. The Morgan fingerprint density at radius 2 is 1.91 bits per heavy atom. The number of ether oxygens (including phenoxy) is 2. The molecule has 2 atom stereocenters. The number of nitrogens with zero attached hydrogens (tertiary/aromatic N) is 3. The molecule has 0 saturated carbocycles. The lowest BCUT2D eigenvalue weighted by Crippen LogP contribution is -2.46. The summed E-state index contributed by atoms with van der Waals surface area (Å²) < 4.78 is 10.9. The van der Waals surface area contributed by atoms with E-state index in [1.165, 1.54) is 18.2 Å². The van der Waals surface area contributed by atoms with Crippen molar-refractivity contribution >= 4 is 17.6 Å². The topological polar surface area (TPSA) is 122 Å². The summed E-state index contributed by atoms with van der Waals surface area (Å²) >= 11 is 0. The third-order valence-electron chi connectivity index (χ3n) is 6.50. The van der Waals surface area contributed by atoms with Crippen LogP contribution in [-0.2, 0) is 4.79 Å². The van der Waals surface area contributed by atoms with Crippen LogP contribution in [0.2, 0.25) is 0 Å². The number of hydrogen-bond donors (Lipinski definition) is 1. The number of fused-ring (bicyclic) bond motifs is 2. The van der Waals surface area contributed by atoms with E-state index in [9.17, 15) is 24.8 Å². The van der Waals surface area contributed by atoms with Crippen LogP contribution >= 0.6 is 0 Å². The van der Waals surface area contributed by atoms with Gasteiger partial charge in [0.25, 0.3) is 11.6 Å². The molecule has 0 radical (unpaired) electrons. The number of carboxylic acid groups (broad SMARTS) is 1. The standard InChI is InChI=1S/C24H27N3O7/c1-3-25(4-2)10-5-11-26-22(15-6-9-19-20(12-15)34-14-33-19)21(24(29)30)18-13-16(27(31)32)7-8-17(18)23(26)28/h6-9,12-13,21-22H,3-5,10-11,14H2,1-2H3,(H,29,30). The van der Waals surface area contributed by atoms with Crippen molar-refractivity contribution in [3.63, 3.8) is 0 Å². The number of nitro benzene ring substituents is 1. The highest BCUT2D eigenvalue weighted by Crippen LogP contribution is 2.46. The summed E-state index contributed by atoms with van der Waals surface area (Å²) in [5.74, 6) is -1.67. The number of hydrogen-bond acceptors (Lipinski definition) is 7. The lowest BCUT2D eigenvalue weighted by atomic mass is 9.79. The predicted molar refractivity (Wildman–Crippen MR) is 122 cm³/mol. The van der Waals surface area contributed by atoms with Crippen LogP contribution in [0.15, 0.2) is 36.4 Å². The number of aliphatic carboxylic acids is 1. The van der Waals surface area contributed by atoms with Crippen molar-refractivity contribution in [2.75, 3.05) is 33.0 Å². The van der Waals surface area contributed by atoms with E-state index in [1.807, 2.05) is 0 Å². The van der Waals surface area contributed by atoms with E-state index in [1.54, 1.807) is 23.1 Å². The Morgan fingerprint density at radius 1 is 1.18 bits per heavy atom. The lowest BCUT2D eigenvalue weighted by Gasteiger charge is -2.41. The first kappa shape index (κ1) is 23.5. The number of carbonyl (C=O) groups excluding carboxylic acids is 1. The molecule has 10 nitrogen and oxygen atoms in total. The van der Waals surface area contributed by atoms with Crippen molar-refractivity contribution in [1.82, 2.24) is 9.80 Å². The van der Waals surface area contributed by atoms with Gasteiger partial charge in [0.2, 0.25) is 6.79 Å². The summed E-state index contributed by atoms with van der Waals surface area (Å²) in [6, 6.07) is 8.06. The fourth-order valence-corrected chi connectivity index (χ4v) is 4.73. The fraction of sp³-hybridized carbons (Fsp3) is 0.417. The van der Waals surface area contributed by atoms with Crippen LogP contribution in [0, 0.1) is 10.1 Å². The number of benzene rings is 2. The molecule has 0 aliphatic carbocycles. The fourth-order valence-electron chi connectivity index (χ4n) is 4.73. The minimum absolute atomic E-state index is 0.0629. The Labute approximate surface area is 196 Å². The van der Waals surface area contributed by atoms with Crippen molar-refractivity contribution in [2.24, 2.45) is 0 Å². The first-order valence-electron chi connectivity index (χ1n) is 11.3. The third kappa shape index (κ3) is 4.28. The Bertz CT molecular complexity index is 1120. The Kier molecular flexibility index (Phi) is 6.69. The van der Waals surface area contributed by atoms with E-state index >= 15 is 0 Å². The normalized spacial score (nSPS) is 18.8. The highest BCUT2D eigenvalue weighted by molar-refractivity contribution is 6.00. The third-order valence-corrected chi connectivity index (χ3v) is 6.50. The van der Waals surface area contributed by atoms with Crippen LogP contribution < -0.4 is 9.47 Å². The molecule has 0 bridgehead atoms. The SMILES string of the molecule is CCN(CC)CCCN1C(=O)c2ccc([N+](=O)[O-])cc2C(C(=O)O)C1c1ccc2c(c1)OCO2. The maximum Gasteiger partial charge on any atom is 0.313 e. The number of rotatable bonds is 9. The first-order valence-corrected chi connectivity index (χ1v) is 11.3. The minimum Gasteiger partial charge on any atom is -0.481 e. The van der Waals surface area contributed by atoms with Gasteiger partial charge in [-0.3, -0.25) is 19.7 Å². The van der Waals surface area contributed by atoms with Crippen molar-refractivity contribution in [1.29, 1.82) is 0 Å². The monoisotopic (exact) mass is 469 g/mol. The zero-order valence-electron chi connectivity index (χ0n) is 19.1. The number of carboxylic acids is 1. The predicted octanol–water partition coefficient (Wildman–Crippen LogP) is 3.42. The van der Waals surface area contributed by atoms with E-state index < -0.39 is 22.9 Å². The van der Waals surface area contributed by atoms with Gasteiger partial charge in [-0.2, -0.15) is 0 Å². The Hall–Kier alpha value is -3.66. The number of carbonyl (C=O) groups is 2. The van der Waals surface area contributed by atoms with Gasteiger partial charge in [-0.25, -0.2) is 0 Å². The number of non-ortho nitro benzene ring substituents is 1. The van der Waals surface area contributed by atoms with Gasteiger partial charge in [-0.15, -0.1) is 0 Å². The summed E-state index contributed by atoms with van der Waals surface area (Å²) in [6.45, 7) is 7.04. The molecule has 2 aliphatic rings. The maximum atomic E-state index is 13.6. The molecule has 4 rings (SSSR count). The molecule has 10 heteroatoms. The van der Waals surface area contributed by atoms with Crippen LogP contribution in [0.5, 0.6) is 11.5 Å². The molecule has 34 heavy (non-hydrogen) atoms. The van der Waals surface area contributed by atoms with Crippen LogP contribution in [0.1, 0.15) is 53.7 Å². The molecule has 2 aromatic carbocycles. The molecule has 2 aromatic rings. The largest absolute Gasteiger partial charge is 0.481 e. The molecule has 0 saturated heterocycles. The summed E-state index contributed by atoms with van der Waals surface area (Å²) in [6.07, 6.45) is 0.656. The van der Waals surface area contributed by atoms with Gasteiger partial charge in [0.15, 0.2) is 11.5 Å². The van der Waals surface area contributed by atoms with E-state index in [0.717, 1.165) is 19.6 Å². The molecule has 2 aliphatic heterocycles. The van der Waals surface area contributed by atoms with Gasteiger partial charge in [0, 0.05) is 24.2 Å². The van der Waals surface area contributed by atoms with Gasteiger partial charge < -0.3 is 24.4 Å². The average molecular weight is 469 g/mol. The van der Waals surface area contributed by atoms with Gasteiger partial charge in [0.1, 0.15) is 5.92 Å². The Balaban J connectivity index is 1.79. The molecule has 2 heterocycles. The van der Waals surface area contributed by atoms with Crippen molar-refractivity contribution in [2.45, 2.75) is 32.2 Å². The second kappa shape index (κ2) is 9.68. The van der Waals surface area contributed by atoms with E-state index in [2.05, 4.69) is 18.7 Å². The summed E-state index contributed by atoms with van der Waals surface area (Å²) in [7, 11) is 0. The average Bonchev–Trinajstić information content (AvgIpc) is 3.30. The molecule has 180 valence electrons. The van der Waals surface area contributed by atoms with Crippen LogP contribution in [-0.4, -0.2) is 64.7 Å². The van der Waals surface area contributed by atoms with Crippen LogP contribution in [0.3, 0.4) is 0 Å². The summed E-state index contributed by atoms with van der Waals surface area (Å²) in [5, 5.41) is 21.6. The summed E-state index contributed by atoms with van der Waals surface area (Å²) in [5.41, 5.74) is 0.648. The first-order chi connectivity index (χ1) is 16.3. The molecule has 2 unspecified atom stereocenters. The highest BCUT2D eigenvalue weighted by atomic mass is 16.7. The minimum atomic E-state index is -1.18. The quantitative estimate of drug-likeness (QED) is 0.438. The van der Waals surface area contributed by atoms with Crippen molar-refractivity contribution in [3.05, 3.63) is 63.2 Å². The lowest BCUT2D eigenvalue weighted by molar-refractivity contribution is -0.384. The summed E-state index contributed by atoms with van der Waals surface area (Å²) in [4.78, 5) is 40.8. The van der Waals surface area contributed by atoms with E-state index in [0.29, 0.717) is 30.0 Å². The second-order valence-electron chi connectivity index (χ2n) is 8.28. The van der Waals surface area contributed by atoms with Crippen molar-refractivity contribution < 1.29 is 29.1 Å². The molecule has 0 aromatic heterocycles. The van der Waals surface area contributed by atoms with Crippen molar-refractivity contribution in [3.8, 4) is 11.5 Å². The van der Waals surface area contributed by atoms with Gasteiger partial charge in [0.05, 0.1) is 11.0 Å². The smallest absolute Gasteiger partial charge is 0.313 e. The van der Waals surface area contributed by atoms with Gasteiger partial charge in [-0.1, -0.05) is 19.9 Å². The molecule has 1 amide bonds. The van der Waals surface area contributed by atoms with Gasteiger partial charge >= 0.3 is 5.97 Å². The highest BCUT2D eigenvalue weighted by Gasteiger charge is 2.45. The van der Waals surface area contributed by atoms with Gasteiger partial charge in [-0.05, 0) is 55.4 Å². The molecule has 0 fully saturated rings. The van der Waals surface area contributed by atoms with Crippen LogP contribution in [0.25, 0.3) is 0 Å². The zero-order valence-corrected chi connectivity index (χ0v) is 19.1. The van der Waals surface area contributed by atoms with E-state index in [4.69, 9.17) is 9.47 Å². The molecular weight excluding hydrogens is 442 g/mol. The number of nitro groups is 1. The second-order valence-corrected chi connectivity index (χ2v) is 8.28. The molecule has 1 N–H and O–H groups in total. The van der Waals surface area contributed by atoms with Crippen LogP contribution in [0.4, 0.5) is 5.69 Å². The van der Waals surface area contributed by atoms with E-state index in [-0.39, 0.29) is 29.5 Å².